The Balaban J connectivity index is 1.74. The maximum Gasteiger partial charge on any atom is 0.316 e. The molecule has 0 N–H and O–H groups in total. The molecule has 0 spiro atoms. The van der Waals surface area contributed by atoms with Gasteiger partial charge in [-0.15, -0.1) is 0 Å². The lowest BCUT2D eigenvalue weighted by Gasteiger charge is -2.31. The van der Waals surface area contributed by atoms with Gasteiger partial charge < -0.3 is 4.74 Å². The van der Waals surface area contributed by atoms with Crippen LogP contribution < -0.4 is 4.74 Å². The minimum Gasteiger partial charge on any atom is -0.459 e. The van der Waals surface area contributed by atoms with E-state index in [1.165, 1.54) is 16.4 Å². The van der Waals surface area contributed by atoms with Crippen LogP contribution in [0.15, 0.2) is 47.6 Å². The first-order chi connectivity index (χ1) is 11.1. The zero-order chi connectivity index (χ0) is 16.3. The van der Waals surface area contributed by atoms with E-state index in [4.69, 9.17) is 4.74 Å². The Bertz CT molecular complexity index is 753. The first-order valence-corrected chi connectivity index (χ1v) is 8.69. The number of hydrogen-bond donors (Lipinski definition) is 0. The van der Waals surface area contributed by atoms with Gasteiger partial charge in [0.2, 0.25) is 10.0 Å². The van der Waals surface area contributed by atoms with Crippen molar-refractivity contribution in [3.8, 4) is 6.01 Å². The van der Waals surface area contributed by atoms with Crippen molar-refractivity contribution in [3.05, 3.63) is 48.5 Å². The number of aromatic nitrogens is 2. The largest absolute Gasteiger partial charge is 0.459 e. The van der Waals surface area contributed by atoms with Crippen LogP contribution in [0.25, 0.3) is 0 Å². The summed E-state index contributed by atoms with van der Waals surface area (Å²) in [5, 5.41) is 0. The number of sulfonamides is 1. The molecule has 2 heterocycles. The van der Waals surface area contributed by atoms with Crippen molar-refractivity contribution in [2.45, 2.75) is 23.8 Å². The highest BCUT2D eigenvalue weighted by atomic mass is 32.2. The predicted molar refractivity (Wildman–Crippen MR) is 80.8 cm³/mol. The standard InChI is InChI=1S/C15H16FN3O3S/c16-12-4-6-14(7-5-12)23(20,21)19-10-1-3-13(11-19)22-15-17-8-2-9-18-15/h2,4-9,13H,1,3,10-11H2. The monoisotopic (exact) mass is 337 g/mol. The van der Waals surface area contributed by atoms with Crippen LogP contribution in [0.3, 0.4) is 0 Å². The van der Waals surface area contributed by atoms with Gasteiger partial charge >= 0.3 is 6.01 Å². The van der Waals surface area contributed by atoms with Crippen LogP contribution in [0.2, 0.25) is 0 Å². The van der Waals surface area contributed by atoms with Gasteiger partial charge in [0.15, 0.2) is 0 Å². The summed E-state index contributed by atoms with van der Waals surface area (Å²) in [6.07, 6.45) is 4.24. The third-order valence-electron chi connectivity index (χ3n) is 3.61. The fourth-order valence-corrected chi connectivity index (χ4v) is 3.98. The quantitative estimate of drug-likeness (QED) is 0.851. The van der Waals surface area contributed by atoms with Crippen molar-refractivity contribution < 1.29 is 17.5 Å². The fraction of sp³-hybridized carbons (Fsp3) is 0.333. The van der Waals surface area contributed by atoms with Gasteiger partial charge in [-0.1, -0.05) is 0 Å². The molecule has 0 amide bonds. The molecule has 6 nitrogen and oxygen atoms in total. The van der Waals surface area contributed by atoms with Crippen LogP contribution in [0, 0.1) is 5.82 Å². The Kier molecular flexibility index (Phi) is 4.53. The minimum atomic E-state index is -3.66. The summed E-state index contributed by atoms with van der Waals surface area (Å²) in [7, 11) is -3.66. The molecule has 3 rings (SSSR count). The van der Waals surface area contributed by atoms with Crippen molar-refractivity contribution in [2.24, 2.45) is 0 Å². The highest BCUT2D eigenvalue weighted by Gasteiger charge is 2.31. The Morgan fingerprint density at radius 2 is 1.87 bits per heavy atom. The normalized spacial score (nSPS) is 19.4. The zero-order valence-corrected chi connectivity index (χ0v) is 13.1. The molecule has 1 aliphatic rings. The van der Waals surface area contributed by atoms with Gasteiger partial charge in [-0.05, 0) is 43.2 Å². The van der Waals surface area contributed by atoms with E-state index in [1.807, 2.05) is 0 Å². The molecule has 1 saturated heterocycles. The van der Waals surface area contributed by atoms with Crippen molar-refractivity contribution >= 4 is 10.0 Å². The van der Waals surface area contributed by atoms with Crippen LogP contribution in [-0.4, -0.2) is 41.9 Å². The van der Waals surface area contributed by atoms with Gasteiger partial charge in [0, 0.05) is 18.9 Å². The number of hydrogen-bond acceptors (Lipinski definition) is 5. The minimum absolute atomic E-state index is 0.0792. The molecule has 1 aliphatic heterocycles. The fourth-order valence-electron chi connectivity index (χ4n) is 2.47. The van der Waals surface area contributed by atoms with Gasteiger partial charge in [-0.2, -0.15) is 4.31 Å². The maximum absolute atomic E-state index is 13.0. The average molecular weight is 337 g/mol. The molecular formula is C15H16FN3O3S. The van der Waals surface area contributed by atoms with E-state index in [-0.39, 0.29) is 23.6 Å². The average Bonchev–Trinajstić information content (AvgIpc) is 2.56. The second-order valence-electron chi connectivity index (χ2n) is 5.23. The second kappa shape index (κ2) is 6.59. The zero-order valence-electron chi connectivity index (χ0n) is 12.3. The van der Waals surface area contributed by atoms with Crippen LogP contribution >= 0.6 is 0 Å². The molecule has 0 radical (unpaired) electrons. The second-order valence-corrected chi connectivity index (χ2v) is 7.17. The molecule has 1 aromatic carbocycles. The van der Waals surface area contributed by atoms with E-state index in [0.717, 1.165) is 18.6 Å². The third kappa shape index (κ3) is 3.65. The molecule has 1 aromatic heterocycles. The lowest BCUT2D eigenvalue weighted by molar-refractivity contribution is 0.119. The molecule has 1 atom stereocenters. The molecule has 23 heavy (non-hydrogen) atoms. The molecule has 1 fully saturated rings. The number of halogens is 1. The smallest absolute Gasteiger partial charge is 0.316 e. The van der Waals surface area contributed by atoms with Gasteiger partial charge in [0.25, 0.3) is 0 Å². The highest BCUT2D eigenvalue weighted by Crippen LogP contribution is 2.22. The Morgan fingerprint density at radius 1 is 1.17 bits per heavy atom. The summed E-state index contributed by atoms with van der Waals surface area (Å²) in [5.41, 5.74) is 0. The van der Waals surface area contributed by atoms with E-state index >= 15 is 0 Å². The van der Waals surface area contributed by atoms with Gasteiger partial charge in [0.1, 0.15) is 11.9 Å². The van der Waals surface area contributed by atoms with E-state index in [2.05, 4.69) is 9.97 Å². The van der Waals surface area contributed by atoms with E-state index in [9.17, 15) is 12.8 Å². The first kappa shape index (κ1) is 15.8. The van der Waals surface area contributed by atoms with Crippen LogP contribution in [0.5, 0.6) is 6.01 Å². The molecule has 0 saturated carbocycles. The van der Waals surface area contributed by atoms with Crippen LogP contribution in [0.1, 0.15) is 12.8 Å². The number of rotatable bonds is 4. The molecule has 0 aliphatic carbocycles. The number of benzene rings is 1. The summed E-state index contributed by atoms with van der Waals surface area (Å²) in [6, 6.07) is 6.74. The molecule has 122 valence electrons. The highest BCUT2D eigenvalue weighted by molar-refractivity contribution is 7.89. The Hall–Kier alpha value is -2.06. The number of ether oxygens (including phenoxy) is 1. The van der Waals surface area contributed by atoms with E-state index in [1.54, 1.807) is 18.5 Å². The molecule has 8 heteroatoms. The Labute approximate surface area is 134 Å². The predicted octanol–water partition coefficient (Wildman–Crippen LogP) is 1.85. The SMILES string of the molecule is O=S(=O)(c1ccc(F)cc1)N1CCCC(Oc2ncccn2)C1. The third-order valence-corrected chi connectivity index (χ3v) is 5.49. The summed E-state index contributed by atoms with van der Waals surface area (Å²) in [5.74, 6) is -0.468. The van der Waals surface area contributed by atoms with E-state index < -0.39 is 15.8 Å². The molecule has 2 aromatic rings. The number of nitrogens with zero attached hydrogens (tertiary/aromatic N) is 3. The summed E-state index contributed by atoms with van der Waals surface area (Å²) in [6.45, 7) is 0.632. The summed E-state index contributed by atoms with van der Waals surface area (Å²) < 4.78 is 45.2. The molecule has 1 unspecified atom stereocenters. The topological polar surface area (TPSA) is 72.4 Å². The molecular weight excluding hydrogens is 321 g/mol. The lowest BCUT2D eigenvalue weighted by atomic mass is 10.1. The van der Waals surface area contributed by atoms with Crippen LogP contribution in [0.4, 0.5) is 4.39 Å². The van der Waals surface area contributed by atoms with Crippen molar-refractivity contribution in [1.29, 1.82) is 0 Å². The van der Waals surface area contributed by atoms with Crippen molar-refractivity contribution in [3.63, 3.8) is 0 Å². The summed E-state index contributed by atoms with van der Waals surface area (Å²) in [4.78, 5) is 8.05. The molecule has 0 bridgehead atoms. The van der Waals surface area contributed by atoms with Crippen LogP contribution in [-0.2, 0) is 10.0 Å². The van der Waals surface area contributed by atoms with Gasteiger partial charge in [-0.3, -0.25) is 0 Å². The Morgan fingerprint density at radius 3 is 2.57 bits per heavy atom. The number of piperidine rings is 1. The maximum atomic E-state index is 13.0. The first-order valence-electron chi connectivity index (χ1n) is 7.25. The van der Waals surface area contributed by atoms with Gasteiger partial charge in [-0.25, -0.2) is 22.8 Å². The van der Waals surface area contributed by atoms with Crippen molar-refractivity contribution in [2.75, 3.05) is 13.1 Å². The van der Waals surface area contributed by atoms with Gasteiger partial charge in [0.05, 0.1) is 11.4 Å². The summed E-state index contributed by atoms with van der Waals surface area (Å²) >= 11 is 0. The van der Waals surface area contributed by atoms with Crippen molar-refractivity contribution in [1.82, 2.24) is 14.3 Å². The lowest BCUT2D eigenvalue weighted by Crippen LogP contribution is -2.44. The van der Waals surface area contributed by atoms with E-state index in [0.29, 0.717) is 13.0 Å².